The van der Waals surface area contributed by atoms with E-state index >= 15 is 0 Å². The number of carbonyl (C=O) groups is 2. The van der Waals surface area contributed by atoms with Crippen LogP contribution in [0.4, 0.5) is 5.69 Å². The summed E-state index contributed by atoms with van der Waals surface area (Å²) in [6, 6.07) is 18.9. The molecule has 0 amide bonds. The monoisotopic (exact) mass is 402 g/mol. The van der Waals surface area contributed by atoms with Gasteiger partial charge in [-0.2, -0.15) is 0 Å². The van der Waals surface area contributed by atoms with E-state index < -0.39 is 0 Å². The summed E-state index contributed by atoms with van der Waals surface area (Å²) >= 11 is 0. The average molecular weight is 402 g/mol. The Kier molecular flexibility index (Phi) is 4.92. The van der Waals surface area contributed by atoms with Gasteiger partial charge in [-0.15, -0.1) is 0 Å². The van der Waals surface area contributed by atoms with Crippen molar-refractivity contribution < 1.29 is 19.1 Å². The molecular weight excluding hydrogens is 378 g/mol. The molecule has 0 spiro atoms. The summed E-state index contributed by atoms with van der Waals surface area (Å²) in [4.78, 5) is 26.6. The predicted molar refractivity (Wildman–Crippen MR) is 117 cm³/mol. The first-order valence-electron chi connectivity index (χ1n) is 9.73. The molecule has 0 atom stereocenters. The molecule has 0 radical (unpaired) electrons. The van der Waals surface area contributed by atoms with Gasteiger partial charge in [-0.05, 0) is 30.3 Å². The van der Waals surface area contributed by atoms with Crippen LogP contribution in [0.2, 0.25) is 0 Å². The van der Waals surface area contributed by atoms with Crippen molar-refractivity contribution in [2.45, 2.75) is 6.54 Å². The van der Waals surface area contributed by atoms with Gasteiger partial charge in [0.25, 0.3) is 0 Å². The number of benzene rings is 3. The molecule has 30 heavy (non-hydrogen) atoms. The van der Waals surface area contributed by atoms with Crippen LogP contribution in [0.5, 0.6) is 11.5 Å². The van der Waals surface area contributed by atoms with Crippen LogP contribution >= 0.6 is 0 Å². The summed E-state index contributed by atoms with van der Waals surface area (Å²) in [6.45, 7) is 0.639. The fraction of sp³-hybridized carbons (Fsp3) is 0.200. The fourth-order valence-electron chi connectivity index (χ4n) is 4.11. The standard InChI is InChI=1S/C25H24NO4/c1-26(2,17-9-6-5-7-10-17)15-16-13-19-23(21(14-16)30-4)25(28)22-18(24(19)27)11-8-12-20(22)29-3/h5-14H,15H2,1-4H3/q+1. The first-order chi connectivity index (χ1) is 14.4. The van der Waals surface area contributed by atoms with Crippen LogP contribution in [-0.4, -0.2) is 39.9 Å². The largest absolute Gasteiger partial charge is 0.496 e. The van der Waals surface area contributed by atoms with E-state index in [4.69, 9.17) is 9.47 Å². The predicted octanol–water partition coefficient (Wildman–Crippen LogP) is 4.25. The topological polar surface area (TPSA) is 52.6 Å². The van der Waals surface area contributed by atoms with Crippen molar-refractivity contribution >= 4 is 17.3 Å². The molecular formula is C25H24NO4+. The van der Waals surface area contributed by atoms with Crippen LogP contribution < -0.4 is 14.0 Å². The van der Waals surface area contributed by atoms with Crippen molar-refractivity contribution in [3.8, 4) is 11.5 Å². The smallest absolute Gasteiger partial charge is 0.201 e. The second kappa shape index (κ2) is 7.43. The zero-order valence-corrected chi connectivity index (χ0v) is 17.6. The number of para-hydroxylation sites is 1. The lowest BCUT2D eigenvalue weighted by molar-refractivity contribution is 0.0973. The lowest BCUT2D eigenvalue weighted by Crippen LogP contribution is -2.39. The zero-order chi connectivity index (χ0) is 21.5. The van der Waals surface area contributed by atoms with E-state index in [9.17, 15) is 9.59 Å². The lowest BCUT2D eigenvalue weighted by Gasteiger charge is -2.30. The fourth-order valence-corrected chi connectivity index (χ4v) is 4.11. The number of rotatable bonds is 5. The Hall–Kier alpha value is -3.44. The highest BCUT2D eigenvalue weighted by Gasteiger charge is 2.35. The molecule has 0 aromatic heterocycles. The van der Waals surface area contributed by atoms with Crippen molar-refractivity contribution in [3.05, 3.63) is 88.5 Å². The molecule has 0 fully saturated rings. The summed E-state index contributed by atoms with van der Waals surface area (Å²) in [5.74, 6) is 0.357. The van der Waals surface area contributed by atoms with E-state index in [0.29, 0.717) is 44.8 Å². The number of quaternary nitrogens is 1. The molecule has 152 valence electrons. The Bertz CT molecular complexity index is 1150. The quantitative estimate of drug-likeness (QED) is 0.469. The first kappa shape index (κ1) is 19.9. The third-order valence-electron chi connectivity index (χ3n) is 5.60. The maximum atomic E-state index is 13.3. The molecule has 0 aliphatic heterocycles. The molecule has 3 aromatic rings. The summed E-state index contributed by atoms with van der Waals surface area (Å²) in [6.07, 6.45) is 0. The number of methoxy groups -OCH3 is 2. The molecule has 0 unspecified atom stereocenters. The lowest BCUT2D eigenvalue weighted by atomic mass is 9.82. The van der Waals surface area contributed by atoms with Crippen molar-refractivity contribution in [2.75, 3.05) is 28.3 Å². The van der Waals surface area contributed by atoms with Crippen LogP contribution in [0.1, 0.15) is 37.4 Å². The van der Waals surface area contributed by atoms with Gasteiger partial charge < -0.3 is 9.47 Å². The van der Waals surface area contributed by atoms with Gasteiger partial charge in [0.15, 0.2) is 5.78 Å². The highest BCUT2D eigenvalue weighted by Crippen LogP contribution is 2.38. The summed E-state index contributed by atoms with van der Waals surface area (Å²) in [5, 5.41) is 0. The molecule has 4 rings (SSSR count). The highest BCUT2D eigenvalue weighted by atomic mass is 16.5. The Balaban J connectivity index is 1.83. The molecule has 5 nitrogen and oxygen atoms in total. The van der Waals surface area contributed by atoms with Gasteiger partial charge in [-0.25, -0.2) is 0 Å². The molecule has 1 aliphatic carbocycles. The minimum Gasteiger partial charge on any atom is -0.496 e. The number of fused-ring (bicyclic) bond motifs is 2. The Morgan fingerprint density at radius 2 is 1.40 bits per heavy atom. The van der Waals surface area contributed by atoms with Crippen molar-refractivity contribution in [2.24, 2.45) is 0 Å². The Morgan fingerprint density at radius 1 is 0.733 bits per heavy atom. The number of hydrogen-bond donors (Lipinski definition) is 0. The first-order valence-corrected chi connectivity index (χ1v) is 9.73. The Morgan fingerprint density at radius 3 is 2.07 bits per heavy atom. The van der Waals surface area contributed by atoms with E-state index in [1.807, 2.05) is 30.3 Å². The van der Waals surface area contributed by atoms with Gasteiger partial charge in [0.2, 0.25) is 5.78 Å². The minimum atomic E-state index is -0.253. The maximum absolute atomic E-state index is 13.3. The third-order valence-corrected chi connectivity index (χ3v) is 5.60. The third kappa shape index (κ3) is 3.17. The molecule has 1 aliphatic rings. The normalized spacial score (nSPS) is 12.9. The van der Waals surface area contributed by atoms with Crippen LogP contribution in [0.3, 0.4) is 0 Å². The molecule has 0 N–H and O–H groups in total. The molecule has 0 heterocycles. The maximum Gasteiger partial charge on any atom is 0.201 e. The molecule has 3 aromatic carbocycles. The van der Waals surface area contributed by atoms with E-state index in [1.54, 1.807) is 18.2 Å². The number of nitrogens with zero attached hydrogens (tertiary/aromatic N) is 1. The van der Waals surface area contributed by atoms with Gasteiger partial charge >= 0.3 is 0 Å². The number of hydrogen-bond acceptors (Lipinski definition) is 4. The molecule has 0 saturated carbocycles. The average Bonchev–Trinajstić information content (AvgIpc) is 2.76. The van der Waals surface area contributed by atoms with Crippen LogP contribution in [0, 0.1) is 0 Å². The zero-order valence-electron chi connectivity index (χ0n) is 17.6. The van der Waals surface area contributed by atoms with E-state index in [-0.39, 0.29) is 11.6 Å². The van der Waals surface area contributed by atoms with Gasteiger partial charge in [0, 0.05) is 16.7 Å². The summed E-state index contributed by atoms with van der Waals surface area (Å²) in [5.41, 5.74) is 3.40. The number of ether oxygens (including phenoxy) is 2. The molecule has 0 bridgehead atoms. The Labute approximate surface area is 176 Å². The summed E-state index contributed by atoms with van der Waals surface area (Å²) in [7, 11) is 7.22. The summed E-state index contributed by atoms with van der Waals surface area (Å²) < 4.78 is 11.5. The van der Waals surface area contributed by atoms with Crippen molar-refractivity contribution in [1.82, 2.24) is 4.48 Å². The number of ketones is 2. The van der Waals surface area contributed by atoms with E-state index in [2.05, 4.69) is 26.2 Å². The highest BCUT2D eigenvalue weighted by molar-refractivity contribution is 6.30. The van der Waals surface area contributed by atoms with Crippen LogP contribution in [0.15, 0.2) is 60.7 Å². The van der Waals surface area contributed by atoms with Crippen molar-refractivity contribution in [1.29, 1.82) is 0 Å². The van der Waals surface area contributed by atoms with E-state index in [1.165, 1.54) is 14.2 Å². The second-order valence-corrected chi connectivity index (χ2v) is 7.94. The van der Waals surface area contributed by atoms with Crippen LogP contribution in [0.25, 0.3) is 0 Å². The molecule has 0 saturated heterocycles. The van der Waals surface area contributed by atoms with Gasteiger partial charge in [0.1, 0.15) is 23.7 Å². The van der Waals surface area contributed by atoms with Crippen molar-refractivity contribution in [3.63, 3.8) is 0 Å². The second-order valence-electron chi connectivity index (χ2n) is 7.94. The van der Waals surface area contributed by atoms with Gasteiger partial charge in [-0.1, -0.05) is 30.3 Å². The minimum absolute atomic E-state index is 0.191. The molecule has 5 heteroatoms. The SMILES string of the molecule is COc1cccc2c1C(=O)c1c(OC)cc(C[N+](C)(C)c3ccccc3)cc1C2=O. The van der Waals surface area contributed by atoms with Gasteiger partial charge in [0.05, 0.1) is 39.4 Å². The van der Waals surface area contributed by atoms with Gasteiger partial charge in [-0.3, -0.25) is 14.1 Å². The number of carbonyl (C=O) groups excluding carboxylic acids is 2. The van der Waals surface area contributed by atoms with E-state index in [0.717, 1.165) is 11.3 Å². The van der Waals surface area contributed by atoms with Crippen LogP contribution in [-0.2, 0) is 6.54 Å².